The lowest BCUT2D eigenvalue weighted by Gasteiger charge is -2.28. The van der Waals surface area contributed by atoms with E-state index < -0.39 is 10.0 Å². The molecule has 0 unspecified atom stereocenters. The van der Waals surface area contributed by atoms with Crippen molar-refractivity contribution in [1.82, 2.24) is 14.9 Å². The van der Waals surface area contributed by atoms with Crippen LogP contribution in [0.3, 0.4) is 0 Å². The van der Waals surface area contributed by atoms with Crippen LogP contribution in [0.4, 0.5) is 5.82 Å². The monoisotopic (exact) mass is 360 g/mol. The first kappa shape index (κ1) is 16.3. The quantitative estimate of drug-likeness (QED) is 0.829. The van der Waals surface area contributed by atoms with Gasteiger partial charge in [0.1, 0.15) is 11.9 Å². The Labute approximate surface area is 147 Å². The lowest BCUT2D eigenvalue weighted by Crippen LogP contribution is -2.36. The van der Waals surface area contributed by atoms with E-state index in [2.05, 4.69) is 21.9 Å². The maximum Gasteiger partial charge on any atom is 0.318 e. The topological polar surface area (TPSA) is 75.6 Å². The third-order valence-corrected chi connectivity index (χ3v) is 6.52. The van der Waals surface area contributed by atoms with Gasteiger partial charge in [0, 0.05) is 25.4 Å². The largest absolute Gasteiger partial charge is 0.460 e. The zero-order valence-corrected chi connectivity index (χ0v) is 14.8. The third-order valence-electron chi connectivity index (χ3n) is 4.67. The standard InChI is InChI=1S/C17H20N4O3S/c1-20-10-7-14(8-11-20)24-17-18-9-6-16(19-17)21-12-13-4-2-3-5-15(13)25(21,22)23/h2-6,9,14H,7-8,10-12H2,1H3. The van der Waals surface area contributed by atoms with Crippen LogP contribution in [0.15, 0.2) is 41.4 Å². The highest BCUT2D eigenvalue weighted by Gasteiger charge is 2.35. The van der Waals surface area contributed by atoms with E-state index in [0.717, 1.165) is 31.5 Å². The number of aromatic nitrogens is 2. The highest BCUT2D eigenvalue weighted by Crippen LogP contribution is 2.33. The van der Waals surface area contributed by atoms with E-state index in [1.807, 2.05) is 12.1 Å². The molecule has 1 aromatic heterocycles. The Balaban J connectivity index is 1.56. The van der Waals surface area contributed by atoms with Crippen LogP contribution >= 0.6 is 0 Å². The van der Waals surface area contributed by atoms with Crippen molar-refractivity contribution in [2.45, 2.75) is 30.4 Å². The molecule has 0 amide bonds. The lowest BCUT2D eigenvalue weighted by atomic mass is 10.1. The van der Waals surface area contributed by atoms with Crippen LogP contribution < -0.4 is 9.04 Å². The van der Waals surface area contributed by atoms with Gasteiger partial charge in [-0.1, -0.05) is 18.2 Å². The molecule has 2 aliphatic heterocycles. The summed E-state index contributed by atoms with van der Waals surface area (Å²) in [6.07, 6.45) is 3.44. The van der Waals surface area contributed by atoms with Crippen LogP contribution in [0.5, 0.6) is 6.01 Å². The molecule has 8 heteroatoms. The first-order valence-electron chi connectivity index (χ1n) is 8.33. The molecule has 3 heterocycles. The molecule has 0 atom stereocenters. The molecule has 132 valence electrons. The summed E-state index contributed by atoms with van der Waals surface area (Å²) in [5.41, 5.74) is 0.777. The Morgan fingerprint density at radius 2 is 1.92 bits per heavy atom. The molecule has 25 heavy (non-hydrogen) atoms. The predicted octanol–water partition coefficient (Wildman–Crippen LogP) is 1.66. The van der Waals surface area contributed by atoms with Crippen LogP contribution in [0.1, 0.15) is 18.4 Å². The van der Waals surface area contributed by atoms with Gasteiger partial charge in [0.25, 0.3) is 10.0 Å². The maximum absolute atomic E-state index is 12.7. The summed E-state index contributed by atoms with van der Waals surface area (Å²) in [6.45, 7) is 2.23. The first-order chi connectivity index (χ1) is 12.0. The lowest BCUT2D eigenvalue weighted by molar-refractivity contribution is 0.105. The summed E-state index contributed by atoms with van der Waals surface area (Å²) in [5.74, 6) is 0.342. The van der Waals surface area contributed by atoms with E-state index in [1.165, 1.54) is 4.31 Å². The summed E-state index contributed by atoms with van der Waals surface area (Å²) < 4.78 is 32.7. The number of hydrogen-bond acceptors (Lipinski definition) is 6. The zero-order valence-electron chi connectivity index (χ0n) is 14.0. The normalized spacial score (nSPS) is 20.4. The second-order valence-corrected chi connectivity index (χ2v) is 8.27. The molecule has 0 N–H and O–H groups in total. The Bertz CT molecular complexity index is 879. The second kappa shape index (κ2) is 6.27. The Kier molecular flexibility index (Phi) is 4.09. The number of likely N-dealkylation sites (tertiary alicyclic amines) is 1. The molecule has 1 saturated heterocycles. The van der Waals surface area contributed by atoms with Gasteiger partial charge in [-0.2, -0.15) is 4.98 Å². The van der Waals surface area contributed by atoms with Gasteiger partial charge in [0.2, 0.25) is 0 Å². The minimum Gasteiger partial charge on any atom is -0.460 e. The number of anilines is 1. The molecule has 0 saturated carbocycles. The fraction of sp³-hybridized carbons (Fsp3) is 0.412. The molecule has 0 bridgehead atoms. The Morgan fingerprint density at radius 3 is 2.68 bits per heavy atom. The van der Waals surface area contributed by atoms with Gasteiger partial charge in [-0.25, -0.2) is 17.7 Å². The molecular formula is C17H20N4O3S. The van der Waals surface area contributed by atoms with Gasteiger partial charge in [-0.3, -0.25) is 0 Å². The molecular weight excluding hydrogens is 340 g/mol. The van der Waals surface area contributed by atoms with Gasteiger partial charge in [0.15, 0.2) is 0 Å². The molecule has 1 aromatic carbocycles. The smallest absolute Gasteiger partial charge is 0.318 e. The van der Waals surface area contributed by atoms with Gasteiger partial charge >= 0.3 is 6.01 Å². The summed E-state index contributed by atoms with van der Waals surface area (Å²) in [6, 6.07) is 8.86. The van der Waals surface area contributed by atoms with E-state index in [9.17, 15) is 8.42 Å². The number of benzene rings is 1. The fourth-order valence-electron chi connectivity index (χ4n) is 3.23. The Morgan fingerprint density at radius 1 is 1.16 bits per heavy atom. The molecule has 7 nitrogen and oxygen atoms in total. The second-order valence-electron chi connectivity index (χ2n) is 6.44. The highest BCUT2D eigenvalue weighted by molar-refractivity contribution is 7.93. The van der Waals surface area contributed by atoms with E-state index >= 15 is 0 Å². The molecule has 0 aliphatic carbocycles. The predicted molar refractivity (Wildman–Crippen MR) is 93.0 cm³/mol. The molecule has 0 spiro atoms. The zero-order chi connectivity index (χ0) is 17.4. The van der Waals surface area contributed by atoms with E-state index in [4.69, 9.17) is 4.74 Å². The molecule has 0 radical (unpaired) electrons. The van der Waals surface area contributed by atoms with Crippen molar-refractivity contribution in [1.29, 1.82) is 0 Å². The highest BCUT2D eigenvalue weighted by atomic mass is 32.2. The summed E-state index contributed by atoms with van der Waals surface area (Å²) >= 11 is 0. The van der Waals surface area contributed by atoms with Crippen molar-refractivity contribution < 1.29 is 13.2 Å². The van der Waals surface area contributed by atoms with E-state index in [-0.39, 0.29) is 18.7 Å². The number of fused-ring (bicyclic) bond motifs is 1. The third kappa shape index (κ3) is 3.07. The SMILES string of the molecule is CN1CCC(Oc2nccc(N3Cc4ccccc4S3(=O)=O)n2)CC1. The fourth-order valence-corrected chi connectivity index (χ4v) is 4.84. The average Bonchev–Trinajstić information content (AvgIpc) is 2.89. The van der Waals surface area contributed by atoms with Gasteiger partial charge in [-0.05, 0) is 31.5 Å². The average molecular weight is 360 g/mol. The van der Waals surface area contributed by atoms with E-state index in [1.54, 1.807) is 24.4 Å². The number of hydrogen-bond donors (Lipinski definition) is 0. The first-order valence-corrected chi connectivity index (χ1v) is 9.77. The summed E-state index contributed by atoms with van der Waals surface area (Å²) in [4.78, 5) is 11.1. The summed E-state index contributed by atoms with van der Waals surface area (Å²) in [7, 11) is -1.49. The molecule has 4 rings (SSSR count). The molecule has 1 fully saturated rings. The number of piperidine rings is 1. The van der Waals surface area contributed by atoms with Crippen molar-refractivity contribution in [3.63, 3.8) is 0 Å². The van der Waals surface area contributed by atoms with Crippen LogP contribution in [0.25, 0.3) is 0 Å². The number of sulfonamides is 1. The minimum absolute atomic E-state index is 0.0684. The maximum atomic E-state index is 12.7. The van der Waals surface area contributed by atoms with Gasteiger partial charge < -0.3 is 9.64 Å². The van der Waals surface area contributed by atoms with Crippen LogP contribution in [0.2, 0.25) is 0 Å². The van der Waals surface area contributed by atoms with Crippen molar-refractivity contribution >= 4 is 15.8 Å². The Hall–Kier alpha value is -2.19. The van der Waals surface area contributed by atoms with E-state index in [0.29, 0.717) is 10.7 Å². The van der Waals surface area contributed by atoms with Crippen molar-refractivity contribution in [3.8, 4) is 6.01 Å². The van der Waals surface area contributed by atoms with Crippen molar-refractivity contribution in [2.24, 2.45) is 0 Å². The van der Waals surface area contributed by atoms with Crippen molar-refractivity contribution in [2.75, 3.05) is 24.4 Å². The van der Waals surface area contributed by atoms with Crippen LogP contribution in [-0.4, -0.2) is 49.5 Å². The summed E-state index contributed by atoms with van der Waals surface area (Å²) in [5, 5.41) is 0. The molecule has 2 aliphatic rings. The van der Waals surface area contributed by atoms with Gasteiger partial charge in [-0.15, -0.1) is 0 Å². The number of ether oxygens (including phenoxy) is 1. The van der Waals surface area contributed by atoms with Crippen molar-refractivity contribution in [3.05, 3.63) is 42.1 Å². The van der Waals surface area contributed by atoms with Crippen LogP contribution in [-0.2, 0) is 16.6 Å². The molecule has 2 aromatic rings. The number of nitrogens with zero attached hydrogens (tertiary/aromatic N) is 4. The van der Waals surface area contributed by atoms with Crippen LogP contribution in [0, 0.1) is 0 Å². The minimum atomic E-state index is -3.58. The number of rotatable bonds is 3. The van der Waals surface area contributed by atoms with Gasteiger partial charge in [0.05, 0.1) is 11.4 Å².